The molecule has 158 valence electrons. The Morgan fingerprint density at radius 1 is 1.17 bits per heavy atom. The molecular weight excluding hydrogens is 366 g/mol. The van der Waals surface area contributed by atoms with Crippen LogP contribution in [0, 0.1) is 17.8 Å². The van der Waals surface area contributed by atoms with Gasteiger partial charge in [-0.1, -0.05) is 12.8 Å². The van der Waals surface area contributed by atoms with Crippen LogP contribution in [0.1, 0.15) is 57.1 Å². The number of rotatable bonds is 5. The van der Waals surface area contributed by atoms with Crippen LogP contribution in [0.15, 0.2) is 12.5 Å². The minimum absolute atomic E-state index is 0.138. The summed E-state index contributed by atoms with van der Waals surface area (Å²) in [6.07, 6.45) is 12.0. The highest BCUT2D eigenvalue weighted by molar-refractivity contribution is 5.80. The molecule has 1 saturated carbocycles. The topological polar surface area (TPSA) is 81.3 Å². The maximum absolute atomic E-state index is 12.9. The zero-order chi connectivity index (χ0) is 19.8. The molecule has 29 heavy (non-hydrogen) atoms. The van der Waals surface area contributed by atoms with E-state index >= 15 is 0 Å². The maximum atomic E-state index is 12.9. The number of aromatic nitrogens is 2. The Hall–Kier alpha value is -1.89. The normalized spacial score (nSPS) is 33.0. The van der Waals surface area contributed by atoms with Crippen molar-refractivity contribution < 1.29 is 9.59 Å². The van der Waals surface area contributed by atoms with Crippen molar-refractivity contribution in [3.63, 3.8) is 0 Å². The Kier molecular flexibility index (Phi) is 5.33. The van der Waals surface area contributed by atoms with Crippen molar-refractivity contribution in [2.24, 2.45) is 17.8 Å². The summed E-state index contributed by atoms with van der Waals surface area (Å²) in [6.45, 7) is 3.53. The van der Waals surface area contributed by atoms with Gasteiger partial charge >= 0.3 is 0 Å². The standard InChI is InChI=1S/C22H33N5O2/c28-21-7-3-6-19-16-8-17(12-26(11-16)13-18-9-23-14-25-18)20(27(19)21)10-24-22(29)15-4-1-2-5-15/h9,14-17,19-20H,1-8,10-13H2,(H,23,25)(H,24,29)/t16-,17+,19+,20+/m1/s1. The molecule has 4 heterocycles. The summed E-state index contributed by atoms with van der Waals surface area (Å²) < 4.78 is 0. The number of fused-ring (bicyclic) bond motifs is 4. The highest BCUT2D eigenvalue weighted by Crippen LogP contribution is 2.41. The fourth-order valence-corrected chi connectivity index (χ4v) is 6.41. The third-order valence-electron chi connectivity index (χ3n) is 7.73. The van der Waals surface area contributed by atoms with Crippen LogP contribution in [0.5, 0.6) is 0 Å². The summed E-state index contributed by atoms with van der Waals surface area (Å²) in [5, 5.41) is 3.24. The van der Waals surface area contributed by atoms with E-state index in [9.17, 15) is 9.59 Å². The van der Waals surface area contributed by atoms with Gasteiger partial charge in [0, 0.05) is 56.5 Å². The quantitative estimate of drug-likeness (QED) is 0.793. The second kappa shape index (κ2) is 8.09. The minimum atomic E-state index is 0.138. The summed E-state index contributed by atoms with van der Waals surface area (Å²) in [4.78, 5) is 37.6. The van der Waals surface area contributed by atoms with Gasteiger partial charge in [0.1, 0.15) is 0 Å². The molecule has 2 amide bonds. The van der Waals surface area contributed by atoms with Gasteiger partial charge in [-0.15, -0.1) is 0 Å². The molecule has 4 aliphatic rings. The zero-order valence-electron chi connectivity index (χ0n) is 17.2. The lowest BCUT2D eigenvalue weighted by molar-refractivity contribution is -0.153. The van der Waals surface area contributed by atoms with Crippen molar-refractivity contribution in [1.29, 1.82) is 0 Å². The van der Waals surface area contributed by atoms with Crippen molar-refractivity contribution in [2.75, 3.05) is 19.6 Å². The summed E-state index contributed by atoms with van der Waals surface area (Å²) >= 11 is 0. The monoisotopic (exact) mass is 399 g/mol. The predicted octanol–water partition coefficient (Wildman–Crippen LogP) is 1.92. The second-order valence-corrected chi connectivity index (χ2v) is 9.58. The van der Waals surface area contributed by atoms with E-state index in [1.54, 1.807) is 6.33 Å². The lowest BCUT2D eigenvalue weighted by Crippen LogP contribution is -2.67. The van der Waals surface area contributed by atoms with Gasteiger partial charge in [0.15, 0.2) is 0 Å². The molecule has 1 aromatic heterocycles. The summed E-state index contributed by atoms with van der Waals surface area (Å²) in [6, 6.07) is 0.476. The Bertz CT molecular complexity index is 730. The molecular formula is C22H33N5O2. The fourth-order valence-electron chi connectivity index (χ4n) is 6.41. The molecule has 7 nitrogen and oxygen atoms in total. The summed E-state index contributed by atoms with van der Waals surface area (Å²) in [7, 11) is 0. The van der Waals surface area contributed by atoms with Gasteiger partial charge in [-0.05, 0) is 43.9 Å². The molecule has 0 unspecified atom stereocenters. The Morgan fingerprint density at radius 3 is 2.79 bits per heavy atom. The zero-order valence-corrected chi connectivity index (χ0v) is 17.2. The molecule has 4 fully saturated rings. The molecule has 4 atom stereocenters. The van der Waals surface area contributed by atoms with Crippen LogP contribution in [0.2, 0.25) is 0 Å². The van der Waals surface area contributed by atoms with Crippen LogP contribution in [-0.2, 0) is 16.1 Å². The van der Waals surface area contributed by atoms with Crippen LogP contribution >= 0.6 is 0 Å². The van der Waals surface area contributed by atoms with E-state index in [0.717, 1.165) is 51.0 Å². The number of hydrogen-bond acceptors (Lipinski definition) is 4. The van der Waals surface area contributed by atoms with E-state index in [0.29, 0.717) is 36.8 Å². The van der Waals surface area contributed by atoms with E-state index in [1.807, 2.05) is 6.20 Å². The van der Waals surface area contributed by atoms with Crippen LogP contribution in [0.3, 0.4) is 0 Å². The van der Waals surface area contributed by atoms with Crippen molar-refractivity contribution >= 4 is 11.8 Å². The number of hydrogen-bond donors (Lipinski definition) is 2. The molecule has 3 saturated heterocycles. The smallest absolute Gasteiger partial charge is 0.223 e. The van der Waals surface area contributed by atoms with E-state index in [1.165, 1.54) is 19.3 Å². The third-order valence-corrected chi connectivity index (χ3v) is 7.73. The van der Waals surface area contributed by atoms with E-state index < -0.39 is 0 Å². The van der Waals surface area contributed by atoms with Crippen molar-refractivity contribution in [3.05, 3.63) is 18.2 Å². The number of carbonyl (C=O) groups excluding carboxylic acids is 2. The van der Waals surface area contributed by atoms with Gasteiger partial charge in [0.25, 0.3) is 0 Å². The van der Waals surface area contributed by atoms with Gasteiger partial charge in [-0.2, -0.15) is 0 Å². The van der Waals surface area contributed by atoms with Crippen LogP contribution in [-0.4, -0.2) is 63.3 Å². The lowest BCUT2D eigenvalue weighted by atomic mass is 9.72. The first-order chi connectivity index (χ1) is 14.2. The van der Waals surface area contributed by atoms with Crippen molar-refractivity contribution in [3.8, 4) is 0 Å². The molecule has 5 rings (SSSR count). The number of nitrogens with one attached hydrogen (secondary N) is 2. The predicted molar refractivity (Wildman–Crippen MR) is 109 cm³/mol. The summed E-state index contributed by atoms with van der Waals surface area (Å²) in [5.41, 5.74) is 1.15. The van der Waals surface area contributed by atoms with Gasteiger partial charge in [-0.3, -0.25) is 14.5 Å². The Morgan fingerprint density at radius 2 is 2.00 bits per heavy atom. The van der Waals surface area contributed by atoms with Crippen LogP contribution in [0.4, 0.5) is 0 Å². The van der Waals surface area contributed by atoms with E-state index in [-0.39, 0.29) is 17.9 Å². The average Bonchev–Trinajstić information content (AvgIpc) is 3.42. The summed E-state index contributed by atoms with van der Waals surface area (Å²) in [5.74, 6) is 1.66. The SMILES string of the molecule is O=C(NC[C@H]1[C@H]2C[C@H](CN(Cc3cnc[nH]3)C2)[C@@H]2CCCC(=O)N21)C1CCCC1. The van der Waals surface area contributed by atoms with Crippen LogP contribution < -0.4 is 5.32 Å². The Labute approximate surface area is 172 Å². The number of likely N-dealkylation sites (tertiary alicyclic amines) is 1. The van der Waals surface area contributed by atoms with Gasteiger partial charge in [0.05, 0.1) is 12.4 Å². The number of H-pyrrole nitrogens is 1. The van der Waals surface area contributed by atoms with E-state index in [2.05, 4.69) is 25.1 Å². The molecule has 1 aromatic rings. The molecule has 0 radical (unpaired) electrons. The largest absolute Gasteiger partial charge is 0.354 e. The highest BCUT2D eigenvalue weighted by atomic mass is 16.2. The van der Waals surface area contributed by atoms with Crippen molar-refractivity contribution in [1.82, 2.24) is 25.1 Å². The molecule has 7 heteroatoms. The number of imidazole rings is 1. The fraction of sp³-hybridized carbons (Fsp3) is 0.773. The number of piperidine rings is 3. The molecule has 1 aliphatic carbocycles. The number of nitrogens with zero attached hydrogens (tertiary/aromatic N) is 3. The third kappa shape index (κ3) is 3.81. The van der Waals surface area contributed by atoms with Gasteiger partial charge in [-0.25, -0.2) is 4.98 Å². The molecule has 0 aromatic carbocycles. The first kappa shape index (κ1) is 19.1. The first-order valence-corrected chi connectivity index (χ1v) is 11.5. The molecule has 0 spiro atoms. The second-order valence-electron chi connectivity index (χ2n) is 9.58. The molecule has 2 bridgehead atoms. The first-order valence-electron chi connectivity index (χ1n) is 11.5. The van der Waals surface area contributed by atoms with Crippen LogP contribution in [0.25, 0.3) is 0 Å². The van der Waals surface area contributed by atoms with Gasteiger partial charge < -0.3 is 15.2 Å². The van der Waals surface area contributed by atoms with Gasteiger partial charge in [0.2, 0.25) is 11.8 Å². The maximum Gasteiger partial charge on any atom is 0.223 e. The average molecular weight is 400 g/mol. The number of amides is 2. The lowest BCUT2D eigenvalue weighted by Gasteiger charge is -2.56. The molecule has 3 aliphatic heterocycles. The number of aromatic amines is 1. The molecule has 2 N–H and O–H groups in total. The number of carbonyl (C=O) groups is 2. The van der Waals surface area contributed by atoms with Crippen molar-refractivity contribution in [2.45, 2.75) is 70.0 Å². The highest BCUT2D eigenvalue weighted by Gasteiger charge is 2.49. The minimum Gasteiger partial charge on any atom is -0.354 e. The Balaban J connectivity index is 1.31. The van der Waals surface area contributed by atoms with E-state index in [4.69, 9.17) is 0 Å².